The van der Waals surface area contributed by atoms with Crippen molar-refractivity contribution in [3.05, 3.63) is 105 Å². The van der Waals surface area contributed by atoms with Crippen molar-refractivity contribution in [3.8, 4) is 11.1 Å². The minimum Gasteiger partial charge on any atom is -0.480 e. The molecule has 200 valence electrons. The Kier molecular flexibility index (Phi) is 6.51. The molecule has 0 bridgehead atoms. The van der Waals surface area contributed by atoms with E-state index in [1.54, 1.807) is 25.5 Å². The highest BCUT2D eigenvalue weighted by Crippen LogP contribution is 2.35. The van der Waals surface area contributed by atoms with E-state index >= 15 is 0 Å². The van der Waals surface area contributed by atoms with Gasteiger partial charge in [0.1, 0.15) is 17.2 Å². The molecule has 0 radical (unpaired) electrons. The number of carboxylic acids is 1. The number of para-hydroxylation sites is 1. The van der Waals surface area contributed by atoms with Gasteiger partial charge in [0, 0.05) is 50.4 Å². The number of hydrogen-bond donors (Lipinski definition) is 3. The Bertz CT molecular complexity index is 1980. The van der Waals surface area contributed by atoms with Crippen molar-refractivity contribution in [1.82, 2.24) is 10.3 Å². The summed E-state index contributed by atoms with van der Waals surface area (Å²) in [6.45, 7) is 1.76. The lowest BCUT2D eigenvalue weighted by atomic mass is 9.99. The molecule has 1 amide bonds. The van der Waals surface area contributed by atoms with Gasteiger partial charge in [0.2, 0.25) is 5.91 Å². The van der Waals surface area contributed by atoms with Crippen molar-refractivity contribution >= 4 is 60.6 Å². The number of carboxylic acid groups (broad SMARTS) is 1. The first-order valence-electron chi connectivity index (χ1n) is 12.6. The number of nitrogens with one attached hydrogen (secondary N) is 2. The topological polar surface area (TPSA) is 126 Å². The maximum atomic E-state index is 13.0. The minimum atomic E-state index is -1.17. The molecular formula is C31H23BrN2O6. The molecule has 0 saturated heterocycles. The molecule has 3 aromatic heterocycles. The average molecular weight is 599 g/mol. The summed E-state index contributed by atoms with van der Waals surface area (Å²) >= 11 is 3.45. The zero-order valence-corrected chi connectivity index (χ0v) is 22.9. The zero-order valence-electron chi connectivity index (χ0n) is 21.3. The van der Waals surface area contributed by atoms with Crippen LogP contribution in [0.4, 0.5) is 0 Å². The summed E-state index contributed by atoms with van der Waals surface area (Å²) < 4.78 is 12.3. The van der Waals surface area contributed by atoms with Crippen LogP contribution in [0.2, 0.25) is 0 Å². The van der Waals surface area contributed by atoms with Crippen LogP contribution in [0.5, 0.6) is 0 Å². The van der Waals surface area contributed by atoms with Gasteiger partial charge in [-0.05, 0) is 47.9 Å². The lowest BCUT2D eigenvalue weighted by Crippen LogP contribution is -2.43. The fraction of sp³-hybridized carbons (Fsp3) is 0.129. The molecule has 0 aliphatic carbocycles. The van der Waals surface area contributed by atoms with E-state index in [2.05, 4.69) is 26.2 Å². The average Bonchev–Trinajstić information content (AvgIpc) is 3.54. The second-order valence-electron chi connectivity index (χ2n) is 9.69. The first-order valence-corrected chi connectivity index (χ1v) is 13.4. The number of aryl methyl sites for hydroxylation is 1. The van der Waals surface area contributed by atoms with E-state index in [4.69, 9.17) is 8.83 Å². The molecule has 6 aromatic rings. The van der Waals surface area contributed by atoms with Gasteiger partial charge < -0.3 is 24.2 Å². The maximum absolute atomic E-state index is 13.0. The minimum absolute atomic E-state index is 0.0910. The van der Waals surface area contributed by atoms with Crippen LogP contribution in [0, 0.1) is 6.92 Å². The Morgan fingerprint density at radius 1 is 1.02 bits per heavy atom. The highest BCUT2D eigenvalue weighted by Gasteiger charge is 2.24. The van der Waals surface area contributed by atoms with Crippen molar-refractivity contribution in [3.63, 3.8) is 0 Å². The predicted molar refractivity (Wildman–Crippen MR) is 155 cm³/mol. The number of aromatic nitrogens is 1. The van der Waals surface area contributed by atoms with Crippen molar-refractivity contribution in [2.75, 3.05) is 0 Å². The van der Waals surface area contributed by atoms with Crippen LogP contribution in [0.1, 0.15) is 16.7 Å². The number of aliphatic carboxylic acids is 1. The normalized spacial score (nSPS) is 12.2. The Balaban J connectivity index is 1.30. The molecule has 3 heterocycles. The van der Waals surface area contributed by atoms with Gasteiger partial charge in [0.05, 0.1) is 18.2 Å². The number of carbonyl (C=O) groups is 2. The number of H-pyrrole nitrogens is 1. The van der Waals surface area contributed by atoms with Gasteiger partial charge in [-0.25, -0.2) is 9.59 Å². The third-order valence-corrected chi connectivity index (χ3v) is 7.73. The van der Waals surface area contributed by atoms with E-state index in [0.29, 0.717) is 22.1 Å². The first-order chi connectivity index (χ1) is 19.3. The van der Waals surface area contributed by atoms with Crippen LogP contribution in [0.15, 0.2) is 91.2 Å². The van der Waals surface area contributed by atoms with Crippen LogP contribution >= 0.6 is 15.9 Å². The number of benzene rings is 3. The van der Waals surface area contributed by atoms with E-state index in [1.807, 2.05) is 54.6 Å². The van der Waals surface area contributed by atoms with Crippen molar-refractivity contribution in [2.24, 2.45) is 0 Å². The standard InChI is InChI=1S/C31H23BrN2O6/c1-16-21-11-23-24(17-6-8-19(32)9-7-17)15-39-27(23)13-28(21)40-31(38)22(16)12-29(35)34-26(30(36)37)10-18-14-33-25-5-3-2-4-20(18)25/h2-9,11,13-15,26,33H,10,12H2,1H3,(H,34,35)(H,36,37)/t26-/m1/s1. The summed E-state index contributed by atoms with van der Waals surface area (Å²) in [5.41, 5.74) is 4.54. The van der Waals surface area contributed by atoms with Crippen LogP contribution in [-0.4, -0.2) is 28.0 Å². The molecule has 3 N–H and O–H groups in total. The van der Waals surface area contributed by atoms with Gasteiger partial charge >= 0.3 is 11.6 Å². The molecule has 0 spiro atoms. The molecule has 1 atom stereocenters. The Labute approximate surface area is 235 Å². The zero-order chi connectivity index (χ0) is 28.0. The fourth-order valence-corrected chi connectivity index (χ4v) is 5.36. The van der Waals surface area contributed by atoms with Crippen molar-refractivity contribution < 1.29 is 23.5 Å². The second-order valence-corrected chi connectivity index (χ2v) is 10.6. The predicted octanol–water partition coefficient (Wildman–Crippen LogP) is 6.11. The first kappa shape index (κ1) is 25.6. The van der Waals surface area contributed by atoms with Crippen LogP contribution in [0.25, 0.3) is 44.0 Å². The van der Waals surface area contributed by atoms with E-state index in [-0.39, 0.29) is 18.4 Å². The molecule has 0 aliphatic rings. The van der Waals surface area contributed by atoms with E-state index in [9.17, 15) is 19.5 Å². The fourth-order valence-electron chi connectivity index (χ4n) is 5.09. The molecular weight excluding hydrogens is 576 g/mol. The molecule has 0 unspecified atom stereocenters. The van der Waals surface area contributed by atoms with Gasteiger partial charge in [0.25, 0.3) is 0 Å². The lowest BCUT2D eigenvalue weighted by molar-refractivity contribution is -0.141. The van der Waals surface area contributed by atoms with Crippen LogP contribution < -0.4 is 10.9 Å². The third kappa shape index (κ3) is 4.69. The van der Waals surface area contributed by atoms with Crippen LogP contribution in [-0.2, 0) is 22.4 Å². The smallest absolute Gasteiger partial charge is 0.340 e. The summed E-state index contributed by atoms with van der Waals surface area (Å²) in [5.74, 6) is -1.74. The molecule has 8 nitrogen and oxygen atoms in total. The maximum Gasteiger partial charge on any atom is 0.340 e. The SMILES string of the molecule is Cc1c(CC(=O)N[C@H](Cc2c[nH]c3ccccc23)C(=O)O)c(=O)oc2cc3occ(-c4ccc(Br)cc4)c3cc12. The summed E-state index contributed by atoms with van der Waals surface area (Å²) in [5, 5.41) is 14.8. The highest BCUT2D eigenvalue weighted by atomic mass is 79.9. The number of furan rings is 1. The molecule has 3 aromatic carbocycles. The largest absolute Gasteiger partial charge is 0.480 e. The molecule has 6 rings (SSSR count). The second kappa shape index (κ2) is 10.2. The third-order valence-electron chi connectivity index (χ3n) is 7.21. The van der Waals surface area contributed by atoms with Gasteiger partial charge in [0.15, 0.2) is 0 Å². The van der Waals surface area contributed by atoms with Gasteiger partial charge in [-0.2, -0.15) is 0 Å². The van der Waals surface area contributed by atoms with E-state index in [1.165, 1.54) is 0 Å². The number of amides is 1. The summed E-state index contributed by atoms with van der Waals surface area (Å²) in [6, 6.07) is 17.8. The van der Waals surface area contributed by atoms with Gasteiger partial charge in [-0.15, -0.1) is 0 Å². The van der Waals surface area contributed by atoms with E-state index in [0.717, 1.165) is 37.5 Å². The molecule has 0 fully saturated rings. The Morgan fingerprint density at radius 3 is 2.58 bits per heavy atom. The highest BCUT2D eigenvalue weighted by molar-refractivity contribution is 9.10. The summed E-state index contributed by atoms with van der Waals surface area (Å²) in [7, 11) is 0. The number of hydrogen-bond acceptors (Lipinski definition) is 5. The molecule has 0 saturated carbocycles. The molecule has 9 heteroatoms. The Hall–Kier alpha value is -4.63. The summed E-state index contributed by atoms with van der Waals surface area (Å²) in [6.07, 6.45) is 3.18. The quantitative estimate of drug-likeness (QED) is 0.190. The van der Waals surface area contributed by atoms with Crippen molar-refractivity contribution in [2.45, 2.75) is 25.8 Å². The number of fused-ring (bicyclic) bond motifs is 3. The number of carbonyl (C=O) groups excluding carboxylic acids is 1. The van der Waals surface area contributed by atoms with Crippen LogP contribution in [0.3, 0.4) is 0 Å². The van der Waals surface area contributed by atoms with Gasteiger partial charge in [-0.1, -0.05) is 46.3 Å². The monoisotopic (exact) mass is 598 g/mol. The molecule has 0 aliphatic heterocycles. The lowest BCUT2D eigenvalue weighted by Gasteiger charge is -2.15. The van der Waals surface area contributed by atoms with E-state index < -0.39 is 23.5 Å². The number of halogens is 1. The number of rotatable bonds is 7. The van der Waals surface area contributed by atoms with Crippen molar-refractivity contribution in [1.29, 1.82) is 0 Å². The number of aromatic amines is 1. The Morgan fingerprint density at radius 2 is 1.80 bits per heavy atom. The summed E-state index contributed by atoms with van der Waals surface area (Å²) in [4.78, 5) is 41.0. The molecule has 40 heavy (non-hydrogen) atoms. The van der Waals surface area contributed by atoms with Gasteiger partial charge in [-0.3, -0.25) is 4.79 Å².